The molecule has 3 N–H and O–H groups in total. The minimum Gasteiger partial charge on any atom is -0.363 e. The zero-order valence-corrected chi connectivity index (χ0v) is 13.8. The van der Waals surface area contributed by atoms with Gasteiger partial charge in [-0.2, -0.15) is 0 Å². The van der Waals surface area contributed by atoms with Gasteiger partial charge in [0.15, 0.2) is 0 Å². The Kier molecular flexibility index (Phi) is 5.51. The normalized spacial score (nSPS) is 11.9. The number of hydrogen-bond donors (Lipinski definition) is 3. The van der Waals surface area contributed by atoms with Crippen molar-refractivity contribution in [1.29, 1.82) is 0 Å². The van der Waals surface area contributed by atoms with Crippen LogP contribution in [0.5, 0.6) is 0 Å². The smallest absolute Gasteiger partial charge is 0.242 e. The predicted molar refractivity (Wildman–Crippen MR) is 83.7 cm³/mol. The fraction of sp³-hybridized carbons (Fsp3) is 0.462. The molecule has 0 spiro atoms. The number of thiazole rings is 1. The molecular formula is C13H20N4O2S2. The molecule has 0 saturated carbocycles. The molecule has 0 aromatic carbocycles. The highest BCUT2D eigenvalue weighted by Crippen LogP contribution is 2.14. The maximum Gasteiger partial charge on any atom is 0.242 e. The van der Waals surface area contributed by atoms with Gasteiger partial charge in [0.05, 0.1) is 11.4 Å². The van der Waals surface area contributed by atoms with Gasteiger partial charge in [-0.3, -0.25) is 0 Å². The first-order valence-electron chi connectivity index (χ1n) is 6.80. The quantitative estimate of drug-likeness (QED) is 0.644. The van der Waals surface area contributed by atoms with Crippen LogP contribution in [0.3, 0.4) is 0 Å². The Balaban J connectivity index is 1.95. The lowest BCUT2D eigenvalue weighted by Gasteiger charge is -2.02. The molecule has 0 saturated heterocycles. The minimum absolute atomic E-state index is 0.218. The highest BCUT2D eigenvalue weighted by molar-refractivity contribution is 7.89. The van der Waals surface area contributed by atoms with Crippen LogP contribution < -0.4 is 10.0 Å². The zero-order chi connectivity index (χ0) is 15.3. The summed E-state index contributed by atoms with van der Waals surface area (Å²) in [5.41, 5.74) is 0.855. The van der Waals surface area contributed by atoms with Crippen LogP contribution in [0.4, 0.5) is 0 Å². The standard InChI is InChI=1S/C13H20N4O2S2/c1-3-4-14-7-11-5-12(8-15-11)21(18,19)17-9-13-16-6-10(2)20-13/h5-6,8,14-15,17H,3-4,7,9H2,1-2H3. The third kappa shape index (κ3) is 4.63. The van der Waals surface area contributed by atoms with Crippen LogP contribution in [0.1, 0.15) is 28.9 Å². The van der Waals surface area contributed by atoms with Crippen molar-refractivity contribution in [2.24, 2.45) is 0 Å². The Hall–Kier alpha value is -1.22. The molecule has 116 valence electrons. The summed E-state index contributed by atoms with van der Waals surface area (Å²) in [4.78, 5) is 8.44. The van der Waals surface area contributed by atoms with Crippen molar-refractivity contribution in [3.8, 4) is 0 Å². The van der Waals surface area contributed by atoms with E-state index in [4.69, 9.17) is 0 Å². The molecular weight excluding hydrogens is 308 g/mol. The SMILES string of the molecule is CCCNCc1cc(S(=O)(=O)NCc2ncc(C)s2)c[nH]1. The maximum atomic E-state index is 12.2. The highest BCUT2D eigenvalue weighted by Gasteiger charge is 2.16. The molecule has 21 heavy (non-hydrogen) atoms. The van der Waals surface area contributed by atoms with E-state index in [0.29, 0.717) is 6.54 Å². The molecule has 0 radical (unpaired) electrons. The Morgan fingerprint density at radius 2 is 2.19 bits per heavy atom. The van der Waals surface area contributed by atoms with Gasteiger partial charge in [-0.05, 0) is 26.0 Å². The lowest BCUT2D eigenvalue weighted by Crippen LogP contribution is -2.22. The summed E-state index contributed by atoms with van der Waals surface area (Å²) in [6.45, 7) is 5.78. The first-order valence-corrected chi connectivity index (χ1v) is 9.10. The van der Waals surface area contributed by atoms with Crippen molar-refractivity contribution >= 4 is 21.4 Å². The minimum atomic E-state index is -3.50. The van der Waals surface area contributed by atoms with E-state index >= 15 is 0 Å². The van der Waals surface area contributed by atoms with Crippen LogP contribution in [0.25, 0.3) is 0 Å². The molecule has 2 aromatic rings. The molecule has 2 rings (SSSR count). The Morgan fingerprint density at radius 3 is 2.86 bits per heavy atom. The first-order chi connectivity index (χ1) is 10.0. The number of hydrogen-bond acceptors (Lipinski definition) is 5. The van der Waals surface area contributed by atoms with Crippen LogP contribution in [0.15, 0.2) is 23.4 Å². The second-order valence-electron chi connectivity index (χ2n) is 4.73. The van der Waals surface area contributed by atoms with E-state index in [9.17, 15) is 8.42 Å². The number of nitrogens with zero attached hydrogens (tertiary/aromatic N) is 1. The van der Waals surface area contributed by atoms with Crippen LogP contribution in [0, 0.1) is 6.92 Å². The van der Waals surface area contributed by atoms with Crippen molar-refractivity contribution < 1.29 is 8.42 Å². The number of aromatic amines is 1. The predicted octanol–water partition coefficient (Wildman–Crippen LogP) is 1.76. The molecule has 0 unspecified atom stereocenters. The molecule has 0 fully saturated rings. The lowest BCUT2D eigenvalue weighted by atomic mass is 10.4. The number of aromatic nitrogens is 2. The summed E-state index contributed by atoms with van der Waals surface area (Å²) in [7, 11) is -3.50. The van der Waals surface area contributed by atoms with E-state index < -0.39 is 10.0 Å². The first kappa shape index (κ1) is 16.2. The topological polar surface area (TPSA) is 86.9 Å². The molecule has 2 aromatic heterocycles. The van der Waals surface area contributed by atoms with Crippen LogP contribution in [-0.4, -0.2) is 24.9 Å². The molecule has 8 heteroatoms. The van der Waals surface area contributed by atoms with Crippen LogP contribution in [0.2, 0.25) is 0 Å². The molecule has 0 aliphatic heterocycles. The molecule has 0 bridgehead atoms. The Bertz CT molecular complexity index is 676. The Labute approximate surface area is 129 Å². The number of rotatable bonds is 8. The van der Waals surface area contributed by atoms with Crippen molar-refractivity contribution in [1.82, 2.24) is 20.0 Å². The van der Waals surface area contributed by atoms with Crippen molar-refractivity contribution in [3.63, 3.8) is 0 Å². The molecule has 0 aliphatic rings. The molecule has 0 amide bonds. The van der Waals surface area contributed by atoms with E-state index in [-0.39, 0.29) is 11.4 Å². The van der Waals surface area contributed by atoms with Gasteiger partial charge < -0.3 is 10.3 Å². The van der Waals surface area contributed by atoms with Crippen LogP contribution >= 0.6 is 11.3 Å². The third-order valence-electron chi connectivity index (χ3n) is 2.85. The van der Waals surface area contributed by atoms with Gasteiger partial charge in [0.25, 0.3) is 0 Å². The van der Waals surface area contributed by atoms with Gasteiger partial charge in [0.2, 0.25) is 10.0 Å². The van der Waals surface area contributed by atoms with Gasteiger partial charge in [0, 0.05) is 29.5 Å². The van der Waals surface area contributed by atoms with Gasteiger partial charge in [-0.25, -0.2) is 18.1 Å². The number of aryl methyl sites for hydroxylation is 1. The second-order valence-corrected chi connectivity index (χ2v) is 7.81. The molecule has 2 heterocycles. The summed E-state index contributed by atoms with van der Waals surface area (Å²) in [5, 5.41) is 3.98. The fourth-order valence-electron chi connectivity index (χ4n) is 1.80. The van der Waals surface area contributed by atoms with Crippen molar-refractivity contribution in [3.05, 3.63) is 34.0 Å². The maximum absolute atomic E-state index is 12.2. The summed E-state index contributed by atoms with van der Waals surface area (Å²) in [5.74, 6) is 0. The molecule has 0 atom stereocenters. The van der Waals surface area contributed by atoms with E-state index in [0.717, 1.165) is 28.5 Å². The second kappa shape index (κ2) is 7.17. The largest absolute Gasteiger partial charge is 0.363 e. The van der Waals surface area contributed by atoms with Gasteiger partial charge in [0.1, 0.15) is 5.01 Å². The lowest BCUT2D eigenvalue weighted by molar-refractivity contribution is 0.581. The van der Waals surface area contributed by atoms with Gasteiger partial charge in [-0.15, -0.1) is 11.3 Å². The number of nitrogens with one attached hydrogen (secondary N) is 3. The average Bonchev–Trinajstić information content (AvgIpc) is 3.06. The molecule has 0 aliphatic carbocycles. The van der Waals surface area contributed by atoms with Gasteiger partial charge in [-0.1, -0.05) is 6.92 Å². The van der Waals surface area contributed by atoms with Crippen molar-refractivity contribution in [2.75, 3.05) is 6.54 Å². The highest BCUT2D eigenvalue weighted by atomic mass is 32.2. The van der Waals surface area contributed by atoms with Crippen molar-refractivity contribution in [2.45, 2.75) is 38.3 Å². The third-order valence-corrected chi connectivity index (χ3v) is 5.14. The zero-order valence-electron chi connectivity index (χ0n) is 12.1. The summed E-state index contributed by atoms with van der Waals surface area (Å²) < 4.78 is 26.9. The fourth-order valence-corrected chi connectivity index (χ4v) is 3.62. The monoisotopic (exact) mass is 328 g/mol. The number of sulfonamides is 1. The van der Waals surface area contributed by atoms with Crippen LogP contribution in [-0.2, 0) is 23.1 Å². The van der Waals surface area contributed by atoms with Gasteiger partial charge >= 0.3 is 0 Å². The summed E-state index contributed by atoms with van der Waals surface area (Å²) in [6, 6.07) is 1.65. The van der Waals surface area contributed by atoms with E-state index in [1.807, 2.05) is 6.92 Å². The number of H-pyrrole nitrogens is 1. The summed E-state index contributed by atoms with van der Waals surface area (Å²) in [6.07, 6.45) is 4.29. The van der Waals surface area contributed by atoms with E-state index in [1.54, 1.807) is 12.3 Å². The van der Waals surface area contributed by atoms with E-state index in [1.165, 1.54) is 17.5 Å². The average molecular weight is 328 g/mol. The Morgan fingerprint density at radius 1 is 1.38 bits per heavy atom. The molecule has 6 nitrogen and oxygen atoms in total. The summed E-state index contributed by atoms with van der Waals surface area (Å²) >= 11 is 1.49. The van der Waals surface area contributed by atoms with E-state index in [2.05, 4.69) is 26.9 Å².